The molecule has 3 aromatic carbocycles. The van der Waals surface area contributed by atoms with E-state index in [1.165, 1.54) is 12.4 Å². The van der Waals surface area contributed by atoms with Crippen molar-refractivity contribution in [3.8, 4) is 22.3 Å². The number of H-pyrrole nitrogens is 2. The van der Waals surface area contributed by atoms with E-state index < -0.39 is 19.7 Å². The Morgan fingerprint density at radius 3 is 1.19 bits per heavy atom. The highest BCUT2D eigenvalue weighted by Gasteiger charge is 2.26. The van der Waals surface area contributed by atoms with E-state index in [4.69, 9.17) is 0 Å². The monoisotopic (exact) mass is 518 g/mol. The smallest absolute Gasteiger partial charge is 0.223 e. The van der Waals surface area contributed by atoms with Gasteiger partial charge >= 0.3 is 0 Å². The van der Waals surface area contributed by atoms with Crippen LogP contribution in [-0.4, -0.2) is 37.2 Å². The summed E-state index contributed by atoms with van der Waals surface area (Å²) in [5.41, 5.74) is 3.98. The van der Waals surface area contributed by atoms with Gasteiger partial charge in [-0.1, -0.05) is 59.7 Å². The number of benzene rings is 3. The molecular weight excluding hydrogens is 496 g/mol. The zero-order valence-electron chi connectivity index (χ0n) is 19.4. The van der Waals surface area contributed by atoms with Crippen LogP contribution < -0.4 is 0 Å². The first-order valence-electron chi connectivity index (χ1n) is 11.0. The normalized spacial score (nSPS) is 12.1. The lowest BCUT2D eigenvalue weighted by Gasteiger charge is -2.08. The Labute approximate surface area is 208 Å². The maximum absolute atomic E-state index is 13.2. The zero-order valence-corrected chi connectivity index (χ0v) is 21.1. The van der Waals surface area contributed by atoms with Crippen molar-refractivity contribution in [3.63, 3.8) is 0 Å². The Morgan fingerprint density at radius 1 is 0.528 bits per heavy atom. The first-order chi connectivity index (χ1) is 17.2. The fourth-order valence-electron chi connectivity index (χ4n) is 3.87. The second kappa shape index (κ2) is 8.89. The van der Waals surface area contributed by atoms with Crippen molar-refractivity contribution in [2.24, 2.45) is 0 Å². The molecule has 5 rings (SSSR count). The molecule has 0 saturated carbocycles. The number of rotatable bonds is 6. The molecule has 182 valence electrons. The molecule has 0 aliphatic carbocycles. The molecule has 2 N–H and O–H groups in total. The minimum absolute atomic E-state index is 0.00921. The van der Waals surface area contributed by atoms with Crippen LogP contribution in [-0.2, 0) is 19.7 Å². The van der Waals surface area contributed by atoms with Gasteiger partial charge in [-0.05, 0) is 49.2 Å². The molecule has 0 bridgehead atoms. The molecule has 0 saturated heterocycles. The van der Waals surface area contributed by atoms with Gasteiger partial charge in [0.15, 0.2) is 10.1 Å². The van der Waals surface area contributed by atoms with Crippen LogP contribution in [0.1, 0.15) is 11.1 Å². The summed E-state index contributed by atoms with van der Waals surface area (Å²) in [5, 5.41) is 13.2. The van der Waals surface area contributed by atoms with Crippen molar-refractivity contribution >= 4 is 19.7 Å². The van der Waals surface area contributed by atoms with Gasteiger partial charge in [-0.3, -0.25) is 10.2 Å². The molecule has 0 unspecified atom stereocenters. The van der Waals surface area contributed by atoms with E-state index in [1.54, 1.807) is 72.8 Å². The summed E-state index contributed by atoms with van der Waals surface area (Å²) in [6, 6.07) is 20.1. The molecule has 36 heavy (non-hydrogen) atoms. The van der Waals surface area contributed by atoms with Gasteiger partial charge < -0.3 is 0 Å². The van der Waals surface area contributed by atoms with Gasteiger partial charge in [-0.2, -0.15) is 10.2 Å². The third-order valence-electron chi connectivity index (χ3n) is 5.92. The van der Waals surface area contributed by atoms with Crippen molar-refractivity contribution in [3.05, 3.63) is 96.3 Å². The Balaban J connectivity index is 1.50. The number of aromatic nitrogens is 4. The first kappa shape index (κ1) is 23.7. The number of aryl methyl sites for hydroxylation is 2. The lowest BCUT2D eigenvalue weighted by molar-refractivity contribution is 0.590. The van der Waals surface area contributed by atoms with E-state index in [2.05, 4.69) is 20.4 Å². The van der Waals surface area contributed by atoms with Crippen LogP contribution in [0.15, 0.2) is 105 Å². The summed E-state index contributed by atoms with van der Waals surface area (Å²) in [6.45, 7) is 3.77. The van der Waals surface area contributed by atoms with E-state index in [0.717, 1.165) is 11.1 Å². The largest absolute Gasteiger partial charge is 0.267 e. The van der Waals surface area contributed by atoms with Crippen molar-refractivity contribution < 1.29 is 16.8 Å². The number of aromatic amines is 2. The molecule has 0 spiro atoms. The van der Waals surface area contributed by atoms with Gasteiger partial charge in [0.1, 0.15) is 0 Å². The van der Waals surface area contributed by atoms with Gasteiger partial charge in [0.25, 0.3) is 0 Å². The van der Waals surface area contributed by atoms with Gasteiger partial charge in [0.2, 0.25) is 19.7 Å². The molecule has 0 fully saturated rings. The van der Waals surface area contributed by atoms with E-state index in [9.17, 15) is 16.8 Å². The Morgan fingerprint density at radius 2 is 0.861 bits per heavy atom. The highest BCUT2D eigenvalue weighted by Crippen LogP contribution is 2.34. The number of nitrogens with zero attached hydrogens (tertiary/aromatic N) is 2. The SMILES string of the molecule is Cc1ccc(S(=O)(=O)c2[nH]ncc2-c2ccc(-c3cn[nH]c3S(=O)(=O)c3ccc(C)cc3)cc2)cc1. The van der Waals surface area contributed by atoms with Crippen LogP contribution in [0.25, 0.3) is 22.3 Å². The maximum atomic E-state index is 13.2. The predicted octanol–water partition coefficient (Wildman–Crippen LogP) is 4.75. The van der Waals surface area contributed by atoms with Gasteiger partial charge in [0, 0.05) is 11.1 Å². The third kappa shape index (κ3) is 4.14. The van der Waals surface area contributed by atoms with E-state index in [1.807, 2.05) is 13.8 Å². The van der Waals surface area contributed by atoms with E-state index in [0.29, 0.717) is 22.3 Å². The van der Waals surface area contributed by atoms with E-state index in [-0.39, 0.29) is 19.8 Å². The average molecular weight is 519 g/mol. The minimum Gasteiger partial charge on any atom is -0.267 e. The lowest BCUT2D eigenvalue weighted by Crippen LogP contribution is -2.04. The van der Waals surface area contributed by atoms with Crippen molar-refractivity contribution in [1.29, 1.82) is 0 Å². The third-order valence-corrected chi connectivity index (χ3v) is 9.40. The molecule has 8 nitrogen and oxygen atoms in total. The number of nitrogens with one attached hydrogen (secondary N) is 2. The topological polar surface area (TPSA) is 126 Å². The minimum atomic E-state index is -3.82. The molecule has 0 aliphatic rings. The number of sulfone groups is 2. The predicted molar refractivity (Wildman–Crippen MR) is 135 cm³/mol. The Bertz CT molecular complexity index is 1620. The highest BCUT2D eigenvalue weighted by atomic mass is 32.2. The standard InChI is InChI=1S/C26H22N4O4S2/c1-17-3-11-21(12-4-17)35(31,32)25-23(15-27-29-25)19-7-9-20(10-8-19)24-16-28-30-26(24)36(33,34)22-13-5-18(2)6-14-22/h3-16H,1-2H3,(H,27,29)(H,28,30). The summed E-state index contributed by atoms with van der Waals surface area (Å²) in [6.07, 6.45) is 2.92. The fourth-order valence-corrected chi connectivity index (χ4v) is 6.60. The fraction of sp³-hybridized carbons (Fsp3) is 0.0769. The van der Waals surface area contributed by atoms with Gasteiger partial charge in [-0.25, -0.2) is 16.8 Å². The molecule has 0 amide bonds. The van der Waals surface area contributed by atoms with Gasteiger partial charge in [0.05, 0.1) is 22.2 Å². The van der Waals surface area contributed by atoms with Crippen molar-refractivity contribution in [2.75, 3.05) is 0 Å². The summed E-state index contributed by atoms with van der Waals surface area (Å²) < 4.78 is 52.9. The molecule has 2 heterocycles. The second-order valence-electron chi connectivity index (χ2n) is 8.44. The molecule has 0 atom stereocenters. The van der Waals surface area contributed by atoms with E-state index >= 15 is 0 Å². The van der Waals surface area contributed by atoms with Crippen LogP contribution in [0, 0.1) is 13.8 Å². The maximum Gasteiger partial charge on any atom is 0.223 e. The Kier molecular flexibility index (Phi) is 5.85. The second-order valence-corrected chi connectivity index (χ2v) is 12.2. The molecule has 0 radical (unpaired) electrons. The first-order valence-corrected chi connectivity index (χ1v) is 14.0. The molecule has 0 aliphatic heterocycles. The van der Waals surface area contributed by atoms with Crippen LogP contribution in [0.4, 0.5) is 0 Å². The Hall–Kier alpha value is -4.02. The average Bonchev–Trinajstić information content (AvgIpc) is 3.56. The molecular formula is C26H22N4O4S2. The lowest BCUT2D eigenvalue weighted by atomic mass is 10.0. The molecule has 10 heteroatoms. The summed E-state index contributed by atoms with van der Waals surface area (Å²) >= 11 is 0. The zero-order chi connectivity index (χ0) is 25.5. The molecule has 2 aromatic heterocycles. The number of hydrogen-bond acceptors (Lipinski definition) is 6. The highest BCUT2D eigenvalue weighted by molar-refractivity contribution is 7.91. The van der Waals surface area contributed by atoms with Crippen LogP contribution in [0.3, 0.4) is 0 Å². The van der Waals surface area contributed by atoms with Crippen LogP contribution >= 0.6 is 0 Å². The quantitative estimate of drug-likeness (QED) is 0.334. The van der Waals surface area contributed by atoms with Gasteiger partial charge in [-0.15, -0.1) is 0 Å². The summed E-state index contributed by atoms with van der Waals surface area (Å²) in [4.78, 5) is 0.333. The van der Waals surface area contributed by atoms with Crippen LogP contribution in [0.2, 0.25) is 0 Å². The number of hydrogen-bond donors (Lipinski definition) is 2. The molecule has 5 aromatic rings. The summed E-state index contributed by atoms with van der Waals surface area (Å²) in [7, 11) is -7.63. The van der Waals surface area contributed by atoms with Crippen molar-refractivity contribution in [2.45, 2.75) is 33.7 Å². The van der Waals surface area contributed by atoms with Crippen molar-refractivity contribution in [1.82, 2.24) is 20.4 Å². The summed E-state index contributed by atoms with van der Waals surface area (Å²) in [5.74, 6) is 0. The van der Waals surface area contributed by atoms with Crippen LogP contribution in [0.5, 0.6) is 0 Å².